The highest BCUT2D eigenvalue weighted by molar-refractivity contribution is 6.30. The first kappa shape index (κ1) is 12.5. The van der Waals surface area contributed by atoms with Crippen LogP contribution in [0.3, 0.4) is 0 Å². The third kappa shape index (κ3) is 3.90. The van der Waals surface area contributed by atoms with Crippen LogP contribution in [-0.4, -0.2) is 17.0 Å². The molecule has 0 heterocycles. The molecule has 1 unspecified atom stereocenters. The first-order valence-electron chi connectivity index (χ1n) is 4.75. The first-order valence-corrected chi connectivity index (χ1v) is 5.13. The highest BCUT2D eigenvalue weighted by atomic mass is 35.5. The molecule has 1 aromatic carbocycles. The van der Waals surface area contributed by atoms with Crippen LogP contribution in [0.4, 0.5) is 0 Å². The average Bonchev–Trinajstić information content (AvgIpc) is 2.16. The fourth-order valence-electron chi connectivity index (χ4n) is 1.26. The van der Waals surface area contributed by atoms with Crippen LogP contribution in [0.1, 0.15) is 24.9 Å². The lowest BCUT2D eigenvalue weighted by atomic mass is 10.1. The number of aliphatic carboxylic acids is 1. The van der Waals surface area contributed by atoms with E-state index >= 15 is 0 Å². The average molecular weight is 242 g/mol. The Hall–Kier alpha value is -1.55. The van der Waals surface area contributed by atoms with E-state index < -0.39 is 18.3 Å². The number of amides is 1. The van der Waals surface area contributed by atoms with Crippen molar-refractivity contribution in [2.75, 3.05) is 0 Å². The largest absolute Gasteiger partial charge is 0.481 e. The summed E-state index contributed by atoms with van der Waals surface area (Å²) in [4.78, 5) is 21.5. The summed E-state index contributed by atoms with van der Waals surface area (Å²) in [6.07, 6.45) is -0.516. The van der Waals surface area contributed by atoms with E-state index in [1.54, 1.807) is 31.2 Å². The summed E-state index contributed by atoms with van der Waals surface area (Å²) >= 11 is 5.73. The van der Waals surface area contributed by atoms with E-state index in [0.29, 0.717) is 5.02 Å². The van der Waals surface area contributed by atoms with Crippen LogP contribution >= 0.6 is 11.6 Å². The molecule has 16 heavy (non-hydrogen) atoms. The number of halogens is 1. The van der Waals surface area contributed by atoms with Crippen LogP contribution in [0.2, 0.25) is 5.02 Å². The van der Waals surface area contributed by atoms with Gasteiger partial charge in [-0.15, -0.1) is 0 Å². The number of carboxylic acids is 1. The van der Waals surface area contributed by atoms with E-state index in [4.69, 9.17) is 16.7 Å². The highest BCUT2D eigenvalue weighted by Gasteiger charge is 2.12. The van der Waals surface area contributed by atoms with Crippen molar-refractivity contribution in [3.05, 3.63) is 34.9 Å². The van der Waals surface area contributed by atoms with Crippen LogP contribution in [-0.2, 0) is 9.59 Å². The van der Waals surface area contributed by atoms with Crippen molar-refractivity contribution in [2.24, 2.45) is 0 Å². The molecular weight excluding hydrogens is 230 g/mol. The third-order valence-corrected chi connectivity index (χ3v) is 2.31. The predicted octanol–water partition coefficient (Wildman–Crippen LogP) is 1.99. The zero-order chi connectivity index (χ0) is 12.1. The monoisotopic (exact) mass is 241 g/mol. The van der Waals surface area contributed by atoms with Gasteiger partial charge in [0.1, 0.15) is 6.42 Å². The van der Waals surface area contributed by atoms with Gasteiger partial charge in [0.05, 0.1) is 6.04 Å². The Morgan fingerprint density at radius 2 is 1.94 bits per heavy atom. The van der Waals surface area contributed by atoms with Crippen molar-refractivity contribution in [2.45, 2.75) is 19.4 Å². The number of hydrogen-bond donors (Lipinski definition) is 2. The number of rotatable bonds is 4. The van der Waals surface area contributed by atoms with Crippen LogP contribution in [0.5, 0.6) is 0 Å². The summed E-state index contributed by atoms with van der Waals surface area (Å²) in [6.45, 7) is 1.78. The van der Waals surface area contributed by atoms with Gasteiger partial charge >= 0.3 is 5.97 Å². The van der Waals surface area contributed by atoms with Crippen molar-refractivity contribution in [3.8, 4) is 0 Å². The van der Waals surface area contributed by atoms with Crippen molar-refractivity contribution >= 4 is 23.5 Å². The van der Waals surface area contributed by atoms with Crippen LogP contribution < -0.4 is 5.32 Å². The Balaban J connectivity index is 2.58. The van der Waals surface area contributed by atoms with Gasteiger partial charge in [-0.2, -0.15) is 0 Å². The first-order chi connectivity index (χ1) is 7.49. The number of carboxylic acid groups (broad SMARTS) is 1. The molecule has 5 heteroatoms. The van der Waals surface area contributed by atoms with Gasteiger partial charge in [0.2, 0.25) is 5.91 Å². The zero-order valence-electron chi connectivity index (χ0n) is 8.74. The molecule has 0 aromatic heterocycles. The van der Waals surface area contributed by atoms with Gasteiger partial charge in [0.15, 0.2) is 0 Å². The van der Waals surface area contributed by atoms with Gasteiger partial charge in [-0.25, -0.2) is 0 Å². The fourth-order valence-corrected chi connectivity index (χ4v) is 1.39. The molecule has 0 fully saturated rings. The smallest absolute Gasteiger partial charge is 0.312 e. The maximum absolute atomic E-state index is 11.2. The number of hydrogen-bond acceptors (Lipinski definition) is 2. The van der Waals surface area contributed by atoms with Gasteiger partial charge in [-0.3, -0.25) is 9.59 Å². The lowest BCUT2D eigenvalue weighted by Gasteiger charge is -2.13. The lowest BCUT2D eigenvalue weighted by molar-refractivity contribution is -0.140. The Labute approximate surface area is 98.2 Å². The second-order valence-electron chi connectivity index (χ2n) is 3.41. The number of carbonyl (C=O) groups is 2. The normalized spacial score (nSPS) is 11.9. The Bertz CT molecular complexity index is 389. The Morgan fingerprint density at radius 3 is 2.44 bits per heavy atom. The van der Waals surface area contributed by atoms with Crippen molar-refractivity contribution < 1.29 is 14.7 Å². The van der Waals surface area contributed by atoms with E-state index in [2.05, 4.69) is 5.32 Å². The maximum atomic E-state index is 11.2. The molecule has 0 aliphatic heterocycles. The van der Waals surface area contributed by atoms with Gasteiger partial charge in [0, 0.05) is 5.02 Å². The van der Waals surface area contributed by atoms with Crippen molar-refractivity contribution in [1.82, 2.24) is 5.32 Å². The minimum absolute atomic E-state index is 0.232. The summed E-state index contributed by atoms with van der Waals surface area (Å²) in [7, 11) is 0. The minimum Gasteiger partial charge on any atom is -0.481 e. The SMILES string of the molecule is CC(NC(=O)CC(=O)O)c1ccc(Cl)cc1. The third-order valence-electron chi connectivity index (χ3n) is 2.06. The number of nitrogens with one attached hydrogen (secondary N) is 1. The second kappa shape index (κ2) is 5.51. The fraction of sp³-hybridized carbons (Fsp3) is 0.273. The van der Waals surface area contributed by atoms with E-state index in [9.17, 15) is 9.59 Å². The summed E-state index contributed by atoms with van der Waals surface area (Å²) in [5, 5.41) is 11.6. The molecule has 0 spiro atoms. The topological polar surface area (TPSA) is 66.4 Å². The molecule has 0 bridgehead atoms. The molecule has 0 radical (unpaired) electrons. The summed E-state index contributed by atoms with van der Waals surface area (Å²) in [6, 6.07) is 6.78. The molecule has 4 nitrogen and oxygen atoms in total. The van der Waals surface area contributed by atoms with Crippen LogP contribution in [0.15, 0.2) is 24.3 Å². The van der Waals surface area contributed by atoms with Crippen molar-refractivity contribution in [1.29, 1.82) is 0 Å². The summed E-state index contributed by atoms with van der Waals surface area (Å²) < 4.78 is 0. The molecule has 0 aliphatic rings. The molecule has 2 N–H and O–H groups in total. The number of carbonyl (C=O) groups excluding carboxylic acids is 1. The summed E-state index contributed by atoms with van der Waals surface area (Å²) in [5.74, 6) is -1.64. The van der Waals surface area contributed by atoms with Gasteiger partial charge in [-0.1, -0.05) is 23.7 Å². The molecule has 0 saturated carbocycles. The lowest BCUT2D eigenvalue weighted by Crippen LogP contribution is -2.28. The maximum Gasteiger partial charge on any atom is 0.312 e. The zero-order valence-corrected chi connectivity index (χ0v) is 9.49. The Kier molecular flexibility index (Phi) is 4.31. The van der Waals surface area contributed by atoms with Crippen LogP contribution in [0, 0.1) is 0 Å². The molecule has 86 valence electrons. The van der Waals surface area contributed by atoms with Crippen molar-refractivity contribution in [3.63, 3.8) is 0 Å². The van der Waals surface area contributed by atoms with E-state index in [0.717, 1.165) is 5.56 Å². The van der Waals surface area contributed by atoms with E-state index in [1.165, 1.54) is 0 Å². The van der Waals surface area contributed by atoms with Gasteiger partial charge in [-0.05, 0) is 24.6 Å². The standard InChI is InChI=1S/C11H12ClNO3/c1-7(13-10(14)6-11(15)16)8-2-4-9(12)5-3-8/h2-5,7H,6H2,1H3,(H,13,14)(H,15,16). The Morgan fingerprint density at radius 1 is 1.38 bits per heavy atom. The molecule has 1 aromatic rings. The molecule has 0 saturated heterocycles. The molecule has 1 amide bonds. The minimum atomic E-state index is -1.14. The molecular formula is C11H12ClNO3. The predicted molar refractivity (Wildman–Crippen MR) is 60.3 cm³/mol. The quantitative estimate of drug-likeness (QED) is 0.793. The summed E-state index contributed by atoms with van der Waals surface area (Å²) in [5.41, 5.74) is 0.878. The highest BCUT2D eigenvalue weighted by Crippen LogP contribution is 2.15. The van der Waals surface area contributed by atoms with Gasteiger partial charge in [0.25, 0.3) is 0 Å². The number of benzene rings is 1. The van der Waals surface area contributed by atoms with E-state index in [-0.39, 0.29) is 6.04 Å². The molecule has 0 aliphatic carbocycles. The molecule has 1 atom stereocenters. The van der Waals surface area contributed by atoms with E-state index in [1.807, 2.05) is 0 Å². The van der Waals surface area contributed by atoms with Crippen LogP contribution in [0.25, 0.3) is 0 Å². The second-order valence-corrected chi connectivity index (χ2v) is 3.85. The molecule has 1 rings (SSSR count). The van der Waals surface area contributed by atoms with Gasteiger partial charge < -0.3 is 10.4 Å².